The second kappa shape index (κ2) is 2.86. The van der Waals surface area contributed by atoms with Crippen molar-refractivity contribution in [1.82, 2.24) is 0 Å². The van der Waals surface area contributed by atoms with Crippen LogP contribution in [0, 0.1) is 0 Å². The van der Waals surface area contributed by atoms with Crippen LogP contribution in [0.25, 0.3) is 0 Å². The quantitative estimate of drug-likeness (QED) is 0.541. The van der Waals surface area contributed by atoms with Crippen molar-refractivity contribution in [3.05, 3.63) is 11.1 Å². The lowest BCUT2D eigenvalue weighted by atomic mass is 10.0. The molecule has 2 heteroatoms. The number of rotatable bonds is 0. The fourth-order valence-electron chi connectivity index (χ4n) is 1.18. The molecule has 0 spiro atoms. The van der Waals surface area contributed by atoms with Crippen molar-refractivity contribution in [2.75, 3.05) is 6.54 Å². The highest BCUT2D eigenvalue weighted by molar-refractivity contribution is 5.97. The van der Waals surface area contributed by atoms with Crippen LogP contribution >= 0.6 is 0 Å². The van der Waals surface area contributed by atoms with Crippen molar-refractivity contribution in [2.45, 2.75) is 26.7 Å². The van der Waals surface area contributed by atoms with Crippen LogP contribution in [-0.2, 0) is 0 Å². The van der Waals surface area contributed by atoms with Crippen molar-refractivity contribution in [3.8, 4) is 0 Å². The number of amidine groups is 1. The van der Waals surface area contributed by atoms with Crippen LogP contribution in [0.5, 0.6) is 0 Å². The topological polar surface area (TPSA) is 38.4 Å². The summed E-state index contributed by atoms with van der Waals surface area (Å²) in [5, 5.41) is 0. The van der Waals surface area contributed by atoms with Crippen molar-refractivity contribution in [1.29, 1.82) is 0 Å². The molecule has 0 aromatic carbocycles. The van der Waals surface area contributed by atoms with Gasteiger partial charge < -0.3 is 5.73 Å². The van der Waals surface area contributed by atoms with Crippen molar-refractivity contribution in [3.63, 3.8) is 0 Å². The van der Waals surface area contributed by atoms with E-state index in [1.165, 1.54) is 11.1 Å². The van der Waals surface area contributed by atoms with E-state index in [0.717, 1.165) is 25.2 Å². The third-order valence-corrected chi connectivity index (χ3v) is 1.78. The first kappa shape index (κ1) is 7.32. The summed E-state index contributed by atoms with van der Waals surface area (Å²) in [6, 6.07) is 0. The average Bonchev–Trinajstić information content (AvgIpc) is 1.88. The number of hydrogen-bond acceptors (Lipinski definition) is 2. The first-order chi connectivity index (χ1) is 4.72. The van der Waals surface area contributed by atoms with Gasteiger partial charge in [-0.15, -0.1) is 0 Å². The van der Waals surface area contributed by atoms with E-state index in [0.29, 0.717) is 0 Å². The highest BCUT2D eigenvalue weighted by atomic mass is 14.9. The molecule has 2 nitrogen and oxygen atoms in total. The van der Waals surface area contributed by atoms with Gasteiger partial charge in [-0.2, -0.15) is 0 Å². The normalized spacial score (nSPS) is 18.6. The Morgan fingerprint density at radius 2 is 2.20 bits per heavy atom. The summed E-state index contributed by atoms with van der Waals surface area (Å²) in [6.45, 7) is 5.08. The minimum absolute atomic E-state index is 0.756. The summed E-state index contributed by atoms with van der Waals surface area (Å²) in [5.41, 5.74) is 8.23. The zero-order chi connectivity index (χ0) is 7.56. The Balaban J connectivity index is 2.87. The van der Waals surface area contributed by atoms with E-state index in [1.807, 2.05) is 0 Å². The lowest BCUT2D eigenvalue weighted by molar-refractivity contribution is 0.804. The van der Waals surface area contributed by atoms with Crippen LogP contribution in [0.1, 0.15) is 26.7 Å². The summed E-state index contributed by atoms with van der Waals surface area (Å²) in [4.78, 5) is 4.17. The molecule has 0 bridgehead atoms. The monoisotopic (exact) mass is 138 g/mol. The van der Waals surface area contributed by atoms with Gasteiger partial charge in [0.1, 0.15) is 5.84 Å². The molecule has 0 radical (unpaired) electrons. The van der Waals surface area contributed by atoms with Crippen molar-refractivity contribution >= 4 is 5.84 Å². The van der Waals surface area contributed by atoms with E-state index < -0.39 is 0 Å². The van der Waals surface area contributed by atoms with E-state index in [2.05, 4.69) is 18.8 Å². The van der Waals surface area contributed by atoms with Gasteiger partial charge in [0.15, 0.2) is 0 Å². The van der Waals surface area contributed by atoms with Gasteiger partial charge in [-0.05, 0) is 32.3 Å². The van der Waals surface area contributed by atoms with Crippen LogP contribution in [0.3, 0.4) is 0 Å². The second-order valence-electron chi connectivity index (χ2n) is 2.85. The maximum Gasteiger partial charge on any atom is 0.121 e. The number of allylic oxidation sites excluding steroid dienone is 1. The van der Waals surface area contributed by atoms with E-state index >= 15 is 0 Å². The summed E-state index contributed by atoms with van der Waals surface area (Å²) >= 11 is 0. The zero-order valence-corrected chi connectivity index (χ0v) is 6.65. The van der Waals surface area contributed by atoms with Crippen LogP contribution in [-0.4, -0.2) is 12.4 Å². The predicted octanol–water partition coefficient (Wildman–Crippen LogP) is 1.47. The predicted molar refractivity (Wildman–Crippen MR) is 44.1 cm³/mol. The first-order valence-electron chi connectivity index (χ1n) is 3.68. The first-order valence-corrected chi connectivity index (χ1v) is 3.68. The minimum Gasteiger partial charge on any atom is -0.384 e. The Labute approximate surface area is 61.8 Å². The molecule has 0 aromatic rings. The molecular formula is C8H14N2. The molecule has 0 aromatic heterocycles. The van der Waals surface area contributed by atoms with Gasteiger partial charge in [-0.3, -0.25) is 4.99 Å². The molecule has 1 rings (SSSR count). The Hall–Kier alpha value is -0.790. The maximum absolute atomic E-state index is 5.67. The highest BCUT2D eigenvalue weighted by Gasteiger charge is 2.08. The van der Waals surface area contributed by atoms with Crippen LogP contribution in [0.15, 0.2) is 16.1 Å². The fraction of sp³-hybridized carbons (Fsp3) is 0.625. The van der Waals surface area contributed by atoms with Crippen LogP contribution in [0.2, 0.25) is 0 Å². The van der Waals surface area contributed by atoms with Gasteiger partial charge in [0.05, 0.1) is 0 Å². The van der Waals surface area contributed by atoms with Crippen LogP contribution in [0.4, 0.5) is 0 Å². The molecule has 0 fully saturated rings. The number of hydrogen-bond donors (Lipinski definition) is 1. The summed E-state index contributed by atoms with van der Waals surface area (Å²) in [5.74, 6) is 0.756. The third-order valence-electron chi connectivity index (χ3n) is 1.78. The van der Waals surface area contributed by atoms with Gasteiger partial charge in [-0.25, -0.2) is 0 Å². The van der Waals surface area contributed by atoms with Crippen molar-refractivity contribution in [2.24, 2.45) is 10.7 Å². The Morgan fingerprint density at radius 1 is 1.50 bits per heavy atom. The minimum atomic E-state index is 0.756. The smallest absolute Gasteiger partial charge is 0.121 e. The largest absolute Gasteiger partial charge is 0.384 e. The number of nitrogens with zero attached hydrogens (tertiary/aromatic N) is 1. The molecule has 1 aliphatic rings. The van der Waals surface area contributed by atoms with Gasteiger partial charge in [0.25, 0.3) is 0 Å². The molecule has 10 heavy (non-hydrogen) atoms. The molecule has 1 heterocycles. The summed E-state index contributed by atoms with van der Waals surface area (Å²) in [6.07, 6.45) is 2.26. The second-order valence-corrected chi connectivity index (χ2v) is 2.85. The third kappa shape index (κ3) is 1.38. The van der Waals surface area contributed by atoms with E-state index in [4.69, 9.17) is 5.73 Å². The molecule has 56 valence electrons. The van der Waals surface area contributed by atoms with Gasteiger partial charge in [0, 0.05) is 6.54 Å². The number of nitrogens with two attached hydrogens (primary N) is 1. The standard InChI is InChI=1S/C8H14N2/c1-6(2)7-4-3-5-10-8(7)9/h3-5H2,1-2H3,(H2,9,10). The molecule has 0 aliphatic carbocycles. The molecule has 0 unspecified atom stereocenters. The summed E-state index contributed by atoms with van der Waals surface area (Å²) < 4.78 is 0. The maximum atomic E-state index is 5.67. The highest BCUT2D eigenvalue weighted by Crippen LogP contribution is 2.14. The fourth-order valence-corrected chi connectivity index (χ4v) is 1.18. The average molecular weight is 138 g/mol. The summed E-state index contributed by atoms with van der Waals surface area (Å²) in [7, 11) is 0. The lowest BCUT2D eigenvalue weighted by Gasteiger charge is -2.13. The molecule has 0 amide bonds. The molecule has 2 N–H and O–H groups in total. The Bertz CT molecular complexity index is 185. The molecular weight excluding hydrogens is 124 g/mol. The Morgan fingerprint density at radius 3 is 2.60 bits per heavy atom. The van der Waals surface area contributed by atoms with Gasteiger partial charge in [0.2, 0.25) is 0 Å². The molecule has 0 saturated heterocycles. The number of aliphatic imine (C=N–C) groups is 1. The Kier molecular flexibility index (Phi) is 2.10. The van der Waals surface area contributed by atoms with E-state index in [-0.39, 0.29) is 0 Å². The van der Waals surface area contributed by atoms with Gasteiger partial charge >= 0.3 is 0 Å². The van der Waals surface area contributed by atoms with E-state index in [9.17, 15) is 0 Å². The van der Waals surface area contributed by atoms with Crippen LogP contribution < -0.4 is 5.73 Å². The van der Waals surface area contributed by atoms with Crippen molar-refractivity contribution < 1.29 is 0 Å². The SMILES string of the molecule is CC(C)=C1CCCN=C1N. The lowest BCUT2D eigenvalue weighted by Crippen LogP contribution is -2.20. The zero-order valence-electron chi connectivity index (χ0n) is 6.65. The molecule has 0 saturated carbocycles. The molecule has 0 atom stereocenters. The van der Waals surface area contributed by atoms with Gasteiger partial charge in [-0.1, -0.05) is 5.57 Å². The molecule has 1 aliphatic heterocycles. The van der Waals surface area contributed by atoms with E-state index in [1.54, 1.807) is 0 Å².